The molecule has 1 unspecified atom stereocenters. The highest BCUT2D eigenvalue weighted by atomic mass is 127. The first kappa shape index (κ1) is 14.4. The second-order valence-electron chi connectivity index (χ2n) is 3.93. The molecule has 1 aliphatic rings. The van der Waals surface area contributed by atoms with Crippen LogP contribution in [0, 0.1) is 3.57 Å². The van der Waals surface area contributed by atoms with Gasteiger partial charge in [-0.1, -0.05) is 23.4 Å². The third-order valence-electron chi connectivity index (χ3n) is 2.54. The van der Waals surface area contributed by atoms with Crippen LogP contribution in [0.1, 0.15) is 6.42 Å². The minimum absolute atomic E-state index is 0.363. The monoisotopic (exact) mass is 396 g/mol. The molecule has 2 rings (SSSR count). The molecule has 1 heterocycles. The molecular formula is C12H14ClIN2OS. The van der Waals surface area contributed by atoms with Crippen LogP contribution in [0.2, 0.25) is 5.02 Å². The fourth-order valence-corrected chi connectivity index (χ4v) is 3.60. The van der Waals surface area contributed by atoms with E-state index in [0.29, 0.717) is 6.04 Å². The first-order valence-corrected chi connectivity index (χ1v) is 8.05. The van der Waals surface area contributed by atoms with E-state index in [2.05, 4.69) is 32.9 Å². The van der Waals surface area contributed by atoms with Gasteiger partial charge >= 0.3 is 0 Å². The largest absolute Gasteiger partial charge is 0.385 e. The molecule has 3 nitrogen and oxygen atoms in total. The Labute approximate surface area is 130 Å². The molecule has 1 aliphatic heterocycles. The average Bonchev–Trinajstić information content (AvgIpc) is 2.78. The first-order valence-electron chi connectivity index (χ1n) is 5.60. The molecule has 0 amide bonds. The molecule has 0 saturated carbocycles. The normalized spacial score (nSPS) is 18.8. The number of halogens is 2. The molecule has 0 fully saturated rings. The van der Waals surface area contributed by atoms with E-state index in [1.165, 1.54) is 0 Å². The van der Waals surface area contributed by atoms with Crippen molar-refractivity contribution in [1.29, 1.82) is 0 Å². The molecule has 1 aromatic carbocycles. The summed E-state index contributed by atoms with van der Waals surface area (Å²) in [6.45, 7) is 0.764. The van der Waals surface area contributed by atoms with Crippen LogP contribution in [0.15, 0.2) is 23.2 Å². The van der Waals surface area contributed by atoms with E-state index in [1.807, 2.05) is 18.2 Å². The molecule has 1 N–H and O–H groups in total. The van der Waals surface area contributed by atoms with Gasteiger partial charge in [-0.15, -0.1) is 0 Å². The summed E-state index contributed by atoms with van der Waals surface area (Å²) in [5, 5.41) is 5.09. The van der Waals surface area contributed by atoms with Crippen LogP contribution in [-0.4, -0.2) is 30.7 Å². The zero-order valence-electron chi connectivity index (χ0n) is 9.95. The Morgan fingerprint density at radius 1 is 1.61 bits per heavy atom. The Balaban J connectivity index is 1.97. The summed E-state index contributed by atoms with van der Waals surface area (Å²) in [7, 11) is 1.72. The van der Waals surface area contributed by atoms with Gasteiger partial charge in [-0.2, -0.15) is 0 Å². The molecule has 1 atom stereocenters. The van der Waals surface area contributed by atoms with Crippen LogP contribution in [0.25, 0.3) is 0 Å². The lowest BCUT2D eigenvalue weighted by Gasteiger charge is -2.07. The molecule has 0 spiro atoms. The third kappa shape index (κ3) is 4.01. The molecule has 0 bridgehead atoms. The van der Waals surface area contributed by atoms with Crippen molar-refractivity contribution in [2.45, 2.75) is 12.5 Å². The van der Waals surface area contributed by atoms with E-state index < -0.39 is 0 Å². The summed E-state index contributed by atoms with van der Waals surface area (Å²) < 4.78 is 6.18. The number of hydrogen-bond donors (Lipinski definition) is 1. The van der Waals surface area contributed by atoms with Crippen LogP contribution < -0.4 is 5.32 Å². The van der Waals surface area contributed by atoms with Gasteiger partial charge in [0, 0.05) is 28.1 Å². The molecule has 18 heavy (non-hydrogen) atoms. The minimum atomic E-state index is 0.363. The zero-order chi connectivity index (χ0) is 13.0. The van der Waals surface area contributed by atoms with E-state index in [9.17, 15) is 0 Å². The number of thioether (sulfide) groups is 1. The summed E-state index contributed by atoms with van der Waals surface area (Å²) in [5.74, 6) is 1.02. The minimum Gasteiger partial charge on any atom is -0.385 e. The van der Waals surface area contributed by atoms with Gasteiger partial charge in [0.05, 0.1) is 11.7 Å². The van der Waals surface area contributed by atoms with Crippen LogP contribution in [-0.2, 0) is 4.74 Å². The van der Waals surface area contributed by atoms with Crippen molar-refractivity contribution in [1.82, 2.24) is 0 Å². The van der Waals surface area contributed by atoms with Crippen LogP contribution in [0.3, 0.4) is 0 Å². The van der Waals surface area contributed by atoms with E-state index in [-0.39, 0.29) is 0 Å². The third-order valence-corrected chi connectivity index (χ3v) is 4.70. The van der Waals surface area contributed by atoms with Crippen molar-refractivity contribution in [3.8, 4) is 0 Å². The number of nitrogens with zero attached hydrogens (tertiary/aromatic N) is 1. The van der Waals surface area contributed by atoms with Gasteiger partial charge in [0.15, 0.2) is 5.17 Å². The van der Waals surface area contributed by atoms with Crippen molar-refractivity contribution >= 4 is 56.8 Å². The van der Waals surface area contributed by atoms with Crippen molar-refractivity contribution in [2.24, 2.45) is 4.99 Å². The van der Waals surface area contributed by atoms with Gasteiger partial charge in [-0.25, -0.2) is 0 Å². The Morgan fingerprint density at radius 2 is 2.44 bits per heavy atom. The Kier molecular flexibility index (Phi) is 5.59. The van der Waals surface area contributed by atoms with E-state index in [0.717, 1.165) is 38.2 Å². The van der Waals surface area contributed by atoms with Crippen LogP contribution >= 0.6 is 46.0 Å². The summed E-state index contributed by atoms with van der Waals surface area (Å²) >= 11 is 9.96. The van der Waals surface area contributed by atoms with Crippen LogP contribution in [0.4, 0.5) is 5.69 Å². The van der Waals surface area contributed by atoms with Gasteiger partial charge in [-0.05, 0) is 47.2 Å². The second kappa shape index (κ2) is 6.98. The van der Waals surface area contributed by atoms with Gasteiger partial charge in [-0.3, -0.25) is 4.99 Å². The molecule has 0 aromatic heterocycles. The van der Waals surface area contributed by atoms with E-state index in [4.69, 9.17) is 16.3 Å². The fourth-order valence-electron chi connectivity index (χ4n) is 1.59. The van der Waals surface area contributed by atoms with Crippen molar-refractivity contribution in [3.05, 3.63) is 26.8 Å². The standard InChI is InChI=1S/C12H14ClIN2OS/c1-17-5-4-9-7-18-12(15-9)16-11-3-2-8(13)6-10(11)14/h2-3,6,9H,4-5,7H2,1H3,(H,15,16). The fraction of sp³-hybridized carbons (Fsp3) is 0.417. The summed E-state index contributed by atoms with van der Waals surface area (Å²) in [4.78, 5) is 4.64. The Morgan fingerprint density at radius 3 is 3.17 bits per heavy atom. The number of aliphatic imine (C=N–C) groups is 1. The van der Waals surface area contributed by atoms with Gasteiger partial charge < -0.3 is 10.1 Å². The molecule has 0 aliphatic carbocycles. The van der Waals surface area contributed by atoms with Crippen LogP contribution in [0.5, 0.6) is 0 Å². The number of benzene rings is 1. The molecule has 0 saturated heterocycles. The van der Waals surface area contributed by atoms with Crippen molar-refractivity contribution < 1.29 is 4.74 Å². The average molecular weight is 397 g/mol. The highest BCUT2D eigenvalue weighted by molar-refractivity contribution is 14.1. The summed E-state index contributed by atoms with van der Waals surface area (Å²) in [5.41, 5.74) is 1.05. The smallest absolute Gasteiger partial charge is 0.161 e. The van der Waals surface area contributed by atoms with Crippen molar-refractivity contribution in [3.63, 3.8) is 0 Å². The maximum Gasteiger partial charge on any atom is 0.161 e. The maximum atomic E-state index is 5.93. The molecule has 1 aromatic rings. The number of methoxy groups -OCH3 is 1. The predicted molar refractivity (Wildman–Crippen MR) is 88.0 cm³/mol. The topological polar surface area (TPSA) is 33.6 Å². The molecule has 6 heteroatoms. The SMILES string of the molecule is COCCC1CSC(Nc2ccc(Cl)cc2I)=N1. The maximum absolute atomic E-state index is 5.93. The predicted octanol–water partition coefficient (Wildman–Crippen LogP) is 3.86. The molecule has 0 radical (unpaired) electrons. The van der Waals surface area contributed by atoms with Gasteiger partial charge in [0.25, 0.3) is 0 Å². The molecule has 98 valence electrons. The zero-order valence-corrected chi connectivity index (χ0v) is 13.7. The highest BCUT2D eigenvalue weighted by Gasteiger charge is 2.18. The van der Waals surface area contributed by atoms with Crippen molar-refractivity contribution in [2.75, 3.05) is 24.8 Å². The lowest BCUT2D eigenvalue weighted by molar-refractivity contribution is 0.190. The quantitative estimate of drug-likeness (QED) is 0.785. The second-order valence-corrected chi connectivity index (χ2v) is 6.54. The first-order chi connectivity index (χ1) is 8.69. The Hall–Kier alpha value is 0.0200. The van der Waals surface area contributed by atoms with Gasteiger partial charge in [0.1, 0.15) is 0 Å². The number of anilines is 1. The number of amidine groups is 1. The van der Waals surface area contributed by atoms with E-state index >= 15 is 0 Å². The number of hydrogen-bond acceptors (Lipinski definition) is 4. The number of ether oxygens (including phenoxy) is 1. The van der Waals surface area contributed by atoms with Gasteiger partial charge in [0.2, 0.25) is 0 Å². The lowest BCUT2D eigenvalue weighted by Crippen LogP contribution is -2.08. The molecular weight excluding hydrogens is 383 g/mol. The summed E-state index contributed by atoms with van der Waals surface area (Å²) in [6, 6.07) is 6.17. The Bertz CT molecular complexity index is 456. The summed E-state index contributed by atoms with van der Waals surface area (Å²) in [6.07, 6.45) is 0.979. The number of nitrogens with one attached hydrogen (secondary N) is 1. The van der Waals surface area contributed by atoms with E-state index in [1.54, 1.807) is 18.9 Å². The highest BCUT2D eigenvalue weighted by Crippen LogP contribution is 2.26. The number of rotatable bonds is 4. The lowest BCUT2D eigenvalue weighted by atomic mass is 10.2.